The number of thiazole rings is 1. The average molecular weight is 268 g/mol. The van der Waals surface area contributed by atoms with Crippen molar-refractivity contribution in [2.24, 2.45) is 11.8 Å². The summed E-state index contributed by atoms with van der Waals surface area (Å²) < 4.78 is 0. The van der Waals surface area contributed by atoms with Crippen LogP contribution in [0.4, 0.5) is 5.13 Å². The van der Waals surface area contributed by atoms with Crippen molar-refractivity contribution in [3.8, 4) is 0 Å². The van der Waals surface area contributed by atoms with Gasteiger partial charge in [0.05, 0.1) is 0 Å². The van der Waals surface area contributed by atoms with E-state index in [2.05, 4.69) is 17.2 Å². The Balaban J connectivity index is 1.86. The van der Waals surface area contributed by atoms with Gasteiger partial charge in [0.2, 0.25) is 5.91 Å². The molecule has 1 aromatic heterocycles. The molecule has 18 heavy (non-hydrogen) atoms. The third kappa shape index (κ3) is 3.53. The van der Waals surface area contributed by atoms with Crippen molar-refractivity contribution in [2.75, 3.05) is 11.9 Å². The molecular formula is C13H20N2O2S. The maximum Gasteiger partial charge on any atom is 0.229 e. The molecule has 4 nitrogen and oxygen atoms in total. The fourth-order valence-electron chi connectivity index (χ4n) is 2.32. The highest BCUT2D eigenvalue weighted by atomic mass is 32.1. The topological polar surface area (TPSA) is 62.2 Å². The summed E-state index contributed by atoms with van der Waals surface area (Å²) in [5.74, 6) is 1.00. The van der Waals surface area contributed by atoms with Gasteiger partial charge in [0.15, 0.2) is 5.13 Å². The lowest BCUT2D eigenvalue weighted by molar-refractivity contribution is -0.121. The Morgan fingerprint density at radius 2 is 2.22 bits per heavy atom. The average Bonchev–Trinajstić information content (AvgIpc) is 2.78. The smallest absolute Gasteiger partial charge is 0.229 e. The zero-order chi connectivity index (χ0) is 13.0. The van der Waals surface area contributed by atoms with Gasteiger partial charge in [0.25, 0.3) is 0 Å². The van der Waals surface area contributed by atoms with Crippen LogP contribution in [0.25, 0.3) is 0 Å². The molecule has 0 spiro atoms. The van der Waals surface area contributed by atoms with E-state index in [-0.39, 0.29) is 18.4 Å². The molecule has 100 valence electrons. The molecule has 1 aliphatic carbocycles. The Hall–Kier alpha value is -0.940. The molecule has 1 aromatic rings. The van der Waals surface area contributed by atoms with Crippen LogP contribution in [0, 0.1) is 11.8 Å². The standard InChI is InChI=1S/C13H20N2O2S/c1-9-2-4-10(5-3-9)12(17)15-13-14-8-11(18-13)6-7-16/h8-10,16H,2-7H2,1H3,(H,14,15,17). The van der Waals surface area contributed by atoms with Crippen molar-refractivity contribution < 1.29 is 9.90 Å². The van der Waals surface area contributed by atoms with Crippen molar-refractivity contribution >= 4 is 22.4 Å². The number of aliphatic hydroxyl groups excluding tert-OH is 1. The van der Waals surface area contributed by atoms with Gasteiger partial charge >= 0.3 is 0 Å². The molecule has 0 radical (unpaired) electrons. The predicted octanol–water partition coefficient (Wildman–Crippen LogP) is 2.44. The Bertz CT molecular complexity index is 397. The lowest BCUT2D eigenvalue weighted by Gasteiger charge is -2.24. The van der Waals surface area contributed by atoms with E-state index in [1.807, 2.05) is 0 Å². The summed E-state index contributed by atoms with van der Waals surface area (Å²) in [5.41, 5.74) is 0. The fourth-order valence-corrected chi connectivity index (χ4v) is 3.12. The van der Waals surface area contributed by atoms with Crippen LogP contribution in [0.5, 0.6) is 0 Å². The summed E-state index contributed by atoms with van der Waals surface area (Å²) in [6, 6.07) is 0. The SMILES string of the molecule is CC1CCC(C(=O)Nc2ncc(CCO)s2)CC1. The molecule has 1 heterocycles. The summed E-state index contributed by atoms with van der Waals surface area (Å²) in [6.45, 7) is 2.37. The maximum absolute atomic E-state index is 12.0. The summed E-state index contributed by atoms with van der Waals surface area (Å²) in [4.78, 5) is 17.2. The molecule has 1 fully saturated rings. The normalized spacial score (nSPS) is 23.9. The van der Waals surface area contributed by atoms with E-state index in [0.29, 0.717) is 11.6 Å². The minimum Gasteiger partial charge on any atom is -0.396 e. The molecule has 2 N–H and O–H groups in total. The second-order valence-electron chi connectivity index (χ2n) is 5.05. The van der Waals surface area contributed by atoms with Gasteiger partial charge in [0, 0.05) is 30.0 Å². The highest BCUT2D eigenvalue weighted by molar-refractivity contribution is 7.15. The number of aliphatic hydroxyl groups is 1. The molecular weight excluding hydrogens is 248 g/mol. The molecule has 0 aliphatic heterocycles. The Morgan fingerprint density at radius 3 is 2.89 bits per heavy atom. The van der Waals surface area contributed by atoms with Crippen LogP contribution in [-0.4, -0.2) is 22.6 Å². The number of hydrogen-bond acceptors (Lipinski definition) is 4. The summed E-state index contributed by atoms with van der Waals surface area (Å²) >= 11 is 1.45. The van der Waals surface area contributed by atoms with Gasteiger partial charge in [-0.1, -0.05) is 6.92 Å². The monoisotopic (exact) mass is 268 g/mol. The van der Waals surface area contributed by atoms with E-state index in [4.69, 9.17) is 5.11 Å². The van der Waals surface area contributed by atoms with Crippen LogP contribution < -0.4 is 5.32 Å². The molecule has 1 saturated carbocycles. The van der Waals surface area contributed by atoms with Gasteiger partial charge in [-0.15, -0.1) is 11.3 Å². The highest BCUT2D eigenvalue weighted by Crippen LogP contribution is 2.29. The van der Waals surface area contributed by atoms with Crippen LogP contribution in [0.15, 0.2) is 6.20 Å². The number of carbonyl (C=O) groups is 1. The third-order valence-corrected chi connectivity index (χ3v) is 4.50. The number of hydrogen-bond donors (Lipinski definition) is 2. The summed E-state index contributed by atoms with van der Waals surface area (Å²) in [6.07, 6.45) is 6.59. The lowest BCUT2D eigenvalue weighted by atomic mass is 9.82. The molecule has 2 rings (SSSR count). The molecule has 1 aliphatic rings. The molecule has 1 amide bonds. The van der Waals surface area contributed by atoms with Crippen LogP contribution in [-0.2, 0) is 11.2 Å². The van der Waals surface area contributed by atoms with Crippen LogP contribution in [0.1, 0.15) is 37.5 Å². The zero-order valence-corrected chi connectivity index (χ0v) is 11.5. The number of aromatic nitrogens is 1. The predicted molar refractivity (Wildman–Crippen MR) is 72.7 cm³/mol. The molecule has 0 atom stereocenters. The largest absolute Gasteiger partial charge is 0.396 e. The lowest BCUT2D eigenvalue weighted by Crippen LogP contribution is -2.26. The summed E-state index contributed by atoms with van der Waals surface area (Å²) in [7, 11) is 0. The van der Waals surface area contributed by atoms with Crippen LogP contribution in [0.3, 0.4) is 0 Å². The van der Waals surface area contributed by atoms with Crippen LogP contribution >= 0.6 is 11.3 Å². The van der Waals surface area contributed by atoms with Gasteiger partial charge in [-0.05, 0) is 31.6 Å². The van der Waals surface area contributed by atoms with Crippen molar-refractivity contribution in [1.29, 1.82) is 0 Å². The number of anilines is 1. The molecule has 0 bridgehead atoms. The first kappa shape index (κ1) is 13.5. The second kappa shape index (κ2) is 6.29. The minimum absolute atomic E-state index is 0.104. The van der Waals surface area contributed by atoms with Crippen molar-refractivity contribution in [2.45, 2.75) is 39.0 Å². The molecule has 0 unspecified atom stereocenters. The van der Waals surface area contributed by atoms with Gasteiger partial charge in [-0.25, -0.2) is 4.98 Å². The van der Waals surface area contributed by atoms with E-state index in [1.165, 1.54) is 11.3 Å². The van der Waals surface area contributed by atoms with Crippen LogP contribution in [0.2, 0.25) is 0 Å². The van der Waals surface area contributed by atoms with Gasteiger partial charge < -0.3 is 10.4 Å². The van der Waals surface area contributed by atoms with Gasteiger partial charge in [-0.3, -0.25) is 4.79 Å². The number of carbonyl (C=O) groups excluding carboxylic acids is 1. The Kier molecular flexibility index (Phi) is 4.72. The van der Waals surface area contributed by atoms with E-state index in [1.54, 1.807) is 6.20 Å². The van der Waals surface area contributed by atoms with Gasteiger partial charge in [-0.2, -0.15) is 0 Å². The fraction of sp³-hybridized carbons (Fsp3) is 0.692. The molecule has 0 saturated heterocycles. The third-order valence-electron chi connectivity index (χ3n) is 3.53. The van der Waals surface area contributed by atoms with E-state index in [0.717, 1.165) is 36.5 Å². The Labute approximate surface area is 111 Å². The van der Waals surface area contributed by atoms with E-state index >= 15 is 0 Å². The second-order valence-corrected chi connectivity index (χ2v) is 6.17. The first-order chi connectivity index (χ1) is 8.69. The van der Waals surface area contributed by atoms with Crippen molar-refractivity contribution in [3.05, 3.63) is 11.1 Å². The number of nitrogens with one attached hydrogen (secondary N) is 1. The first-order valence-corrected chi connectivity index (χ1v) is 7.37. The summed E-state index contributed by atoms with van der Waals surface area (Å²) in [5, 5.41) is 12.4. The maximum atomic E-state index is 12.0. The van der Waals surface area contributed by atoms with Gasteiger partial charge in [0.1, 0.15) is 0 Å². The number of amides is 1. The molecule has 0 aromatic carbocycles. The first-order valence-electron chi connectivity index (χ1n) is 6.55. The zero-order valence-electron chi connectivity index (χ0n) is 10.7. The number of nitrogens with zero attached hydrogens (tertiary/aromatic N) is 1. The molecule has 5 heteroatoms. The Morgan fingerprint density at radius 1 is 1.50 bits per heavy atom. The minimum atomic E-state index is 0.104. The van der Waals surface area contributed by atoms with Crippen molar-refractivity contribution in [3.63, 3.8) is 0 Å². The van der Waals surface area contributed by atoms with E-state index in [9.17, 15) is 4.79 Å². The quantitative estimate of drug-likeness (QED) is 0.881. The highest BCUT2D eigenvalue weighted by Gasteiger charge is 2.24. The van der Waals surface area contributed by atoms with Crippen molar-refractivity contribution in [1.82, 2.24) is 4.98 Å². The number of rotatable bonds is 4. The van der Waals surface area contributed by atoms with E-state index < -0.39 is 0 Å².